The molecule has 0 radical (unpaired) electrons. The Morgan fingerprint density at radius 3 is 2.50 bits per heavy atom. The first-order valence-electron chi connectivity index (χ1n) is 6.74. The maximum atomic E-state index is 10.2. The Morgan fingerprint density at radius 2 is 2.00 bits per heavy atom. The van der Waals surface area contributed by atoms with Gasteiger partial charge in [-0.15, -0.1) is 0 Å². The van der Waals surface area contributed by atoms with Crippen molar-refractivity contribution in [2.75, 3.05) is 0 Å². The lowest BCUT2D eigenvalue weighted by atomic mass is 9.67. The van der Waals surface area contributed by atoms with Crippen LogP contribution in [0.25, 0.3) is 0 Å². The van der Waals surface area contributed by atoms with Crippen LogP contribution in [0.2, 0.25) is 0 Å². The molecule has 0 bridgehead atoms. The molecule has 16 heavy (non-hydrogen) atoms. The molecule has 1 fully saturated rings. The van der Waals surface area contributed by atoms with E-state index in [1.54, 1.807) is 0 Å². The first-order valence-corrected chi connectivity index (χ1v) is 6.74. The van der Waals surface area contributed by atoms with Crippen LogP contribution < -0.4 is 0 Å². The van der Waals surface area contributed by atoms with Gasteiger partial charge < -0.3 is 5.11 Å². The van der Waals surface area contributed by atoms with Crippen molar-refractivity contribution in [3.05, 3.63) is 0 Å². The second-order valence-corrected chi connectivity index (χ2v) is 5.46. The van der Waals surface area contributed by atoms with Crippen LogP contribution in [0.4, 0.5) is 0 Å². The van der Waals surface area contributed by atoms with Gasteiger partial charge in [0.15, 0.2) is 0 Å². The molecule has 0 heterocycles. The van der Waals surface area contributed by atoms with Crippen LogP contribution in [0.3, 0.4) is 0 Å². The summed E-state index contributed by atoms with van der Waals surface area (Å²) < 4.78 is 0. The number of hydrogen-bond donors (Lipinski definition) is 1. The highest BCUT2D eigenvalue weighted by Gasteiger charge is 2.40. The maximum Gasteiger partial charge on any atom is 0.0832 e. The van der Waals surface area contributed by atoms with E-state index >= 15 is 0 Å². The minimum Gasteiger partial charge on any atom is -0.391 e. The fraction of sp³-hybridized carbons (Fsp3) is 0.929. The monoisotopic (exact) mass is 223 g/mol. The van der Waals surface area contributed by atoms with E-state index in [-0.39, 0.29) is 0 Å². The summed E-state index contributed by atoms with van der Waals surface area (Å²) in [5.41, 5.74) is -0.430. The number of nitrogens with zero attached hydrogens (tertiary/aromatic N) is 1. The highest BCUT2D eigenvalue weighted by molar-refractivity contribution is 5.05. The molecule has 0 aromatic heterocycles. The number of rotatable bonds is 5. The van der Waals surface area contributed by atoms with E-state index in [0.29, 0.717) is 0 Å². The van der Waals surface area contributed by atoms with Crippen molar-refractivity contribution in [3.63, 3.8) is 0 Å². The molecule has 1 saturated carbocycles. The van der Waals surface area contributed by atoms with E-state index in [1.807, 2.05) is 0 Å². The predicted molar refractivity (Wildman–Crippen MR) is 65.8 cm³/mol. The largest absolute Gasteiger partial charge is 0.391 e. The summed E-state index contributed by atoms with van der Waals surface area (Å²) in [6.45, 7) is 4.40. The van der Waals surface area contributed by atoms with Crippen LogP contribution in [0.15, 0.2) is 0 Å². The molecular weight excluding hydrogens is 198 g/mol. The second kappa shape index (κ2) is 6.25. The lowest BCUT2D eigenvalue weighted by Gasteiger charge is -2.37. The lowest BCUT2D eigenvalue weighted by Crippen LogP contribution is -2.37. The zero-order valence-electron chi connectivity index (χ0n) is 10.7. The second-order valence-electron chi connectivity index (χ2n) is 5.46. The Labute approximate surface area is 99.7 Å². The SMILES string of the molecule is CCCCCC(O)C1(C#N)CCC(C)CC1. The normalized spacial score (nSPS) is 32.0. The molecule has 0 spiro atoms. The van der Waals surface area contributed by atoms with Crippen molar-refractivity contribution in [1.29, 1.82) is 5.26 Å². The Bertz CT molecular complexity index is 236. The van der Waals surface area contributed by atoms with Gasteiger partial charge in [0, 0.05) is 0 Å². The fourth-order valence-corrected chi connectivity index (χ4v) is 2.66. The van der Waals surface area contributed by atoms with Gasteiger partial charge in [-0.1, -0.05) is 33.1 Å². The standard InChI is InChI=1S/C14H25NO/c1-3-4-5-6-13(16)14(11-15)9-7-12(2)8-10-14/h12-13,16H,3-10H2,1-2H3. The number of aliphatic hydroxyl groups is 1. The van der Waals surface area contributed by atoms with Gasteiger partial charge >= 0.3 is 0 Å². The lowest BCUT2D eigenvalue weighted by molar-refractivity contribution is 0.0204. The Morgan fingerprint density at radius 1 is 1.38 bits per heavy atom. The molecule has 1 aliphatic carbocycles. The summed E-state index contributed by atoms with van der Waals surface area (Å²) in [7, 11) is 0. The van der Waals surface area contributed by atoms with E-state index in [0.717, 1.165) is 50.9 Å². The Balaban J connectivity index is 2.49. The Kier molecular flexibility index (Phi) is 5.28. The van der Waals surface area contributed by atoms with Crippen molar-refractivity contribution >= 4 is 0 Å². The number of aliphatic hydroxyl groups excluding tert-OH is 1. The summed E-state index contributed by atoms with van der Waals surface area (Å²) in [5, 5.41) is 19.6. The van der Waals surface area contributed by atoms with Gasteiger partial charge in [-0.25, -0.2) is 0 Å². The molecule has 92 valence electrons. The van der Waals surface area contributed by atoms with Crippen molar-refractivity contribution in [3.8, 4) is 6.07 Å². The molecule has 1 atom stereocenters. The minimum absolute atomic E-state index is 0.406. The van der Waals surface area contributed by atoms with E-state index < -0.39 is 11.5 Å². The molecule has 1 N–H and O–H groups in total. The van der Waals surface area contributed by atoms with Crippen molar-refractivity contribution in [1.82, 2.24) is 0 Å². The van der Waals surface area contributed by atoms with E-state index in [9.17, 15) is 10.4 Å². The van der Waals surface area contributed by atoms with E-state index in [4.69, 9.17) is 0 Å². The maximum absolute atomic E-state index is 10.2. The van der Waals surface area contributed by atoms with Crippen molar-refractivity contribution < 1.29 is 5.11 Å². The zero-order valence-corrected chi connectivity index (χ0v) is 10.7. The summed E-state index contributed by atoms with van der Waals surface area (Å²) in [4.78, 5) is 0. The van der Waals surface area contributed by atoms with Gasteiger partial charge in [0.05, 0.1) is 17.6 Å². The average Bonchev–Trinajstić information content (AvgIpc) is 2.31. The number of unbranched alkanes of at least 4 members (excludes halogenated alkanes) is 2. The van der Waals surface area contributed by atoms with Gasteiger partial charge in [0.25, 0.3) is 0 Å². The average molecular weight is 223 g/mol. The molecule has 0 aromatic carbocycles. The highest BCUT2D eigenvalue weighted by Crippen LogP contribution is 2.42. The summed E-state index contributed by atoms with van der Waals surface area (Å²) in [5.74, 6) is 0.726. The van der Waals surface area contributed by atoms with Gasteiger partial charge in [0.1, 0.15) is 0 Å². The van der Waals surface area contributed by atoms with Crippen LogP contribution in [0, 0.1) is 22.7 Å². The van der Waals surface area contributed by atoms with Crippen LogP contribution in [0.1, 0.15) is 65.2 Å². The highest BCUT2D eigenvalue weighted by atomic mass is 16.3. The molecule has 0 amide bonds. The molecule has 1 unspecified atom stereocenters. The van der Waals surface area contributed by atoms with Gasteiger partial charge in [-0.05, 0) is 38.0 Å². The first kappa shape index (κ1) is 13.5. The summed E-state index contributed by atoms with van der Waals surface area (Å²) in [6, 6.07) is 2.41. The fourth-order valence-electron chi connectivity index (χ4n) is 2.66. The van der Waals surface area contributed by atoms with Gasteiger partial charge in [-0.3, -0.25) is 0 Å². The van der Waals surface area contributed by atoms with E-state index in [1.165, 1.54) is 6.42 Å². The van der Waals surface area contributed by atoms with Crippen LogP contribution in [-0.4, -0.2) is 11.2 Å². The quantitative estimate of drug-likeness (QED) is 0.723. The predicted octanol–water partition coefficient (Wildman–Crippen LogP) is 3.65. The number of hydrogen-bond acceptors (Lipinski definition) is 2. The molecule has 2 nitrogen and oxygen atoms in total. The van der Waals surface area contributed by atoms with Crippen LogP contribution in [-0.2, 0) is 0 Å². The third-order valence-electron chi connectivity index (χ3n) is 4.11. The molecule has 1 rings (SSSR count). The molecular formula is C14H25NO. The first-order chi connectivity index (χ1) is 7.64. The molecule has 0 aliphatic heterocycles. The van der Waals surface area contributed by atoms with Crippen LogP contribution in [0.5, 0.6) is 0 Å². The summed E-state index contributed by atoms with van der Waals surface area (Å²) in [6.07, 6.45) is 7.74. The van der Waals surface area contributed by atoms with Crippen molar-refractivity contribution in [2.45, 2.75) is 71.3 Å². The van der Waals surface area contributed by atoms with Gasteiger partial charge in [-0.2, -0.15) is 5.26 Å². The molecule has 0 saturated heterocycles. The smallest absolute Gasteiger partial charge is 0.0832 e. The Hall–Kier alpha value is -0.550. The summed E-state index contributed by atoms with van der Waals surface area (Å²) >= 11 is 0. The molecule has 1 aliphatic rings. The third kappa shape index (κ3) is 3.22. The van der Waals surface area contributed by atoms with Crippen LogP contribution >= 0.6 is 0 Å². The zero-order chi connectivity index (χ0) is 12.0. The van der Waals surface area contributed by atoms with Gasteiger partial charge in [0.2, 0.25) is 0 Å². The van der Waals surface area contributed by atoms with Crippen molar-refractivity contribution in [2.24, 2.45) is 11.3 Å². The topological polar surface area (TPSA) is 44.0 Å². The minimum atomic E-state index is -0.430. The third-order valence-corrected chi connectivity index (χ3v) is 4.11. The molecule has 0 aromatic rings. The number of nitriles is 1. The van der Waals surface area contributed by atoms with E-state index in [2.05, 4.69) is 19.9 Å². The molecule has 2 heteroatoms.